The van der Waals surface area contributed by atoms with Crippen molar-refractivity contribution in [1.82, 2.24) is 0 Å². The second kappa shape index (κ2) is 5.52. The Morgan fingerprint density at radius 2 is 1.92 bits per heavy atom. The van der Waals surface area contributed by atoms with Gasteiger partial charge in [0.25, 0.3) is 0 Å². The van der Waals surface area contributed by atoms with Gasteiger partial charge in [-0.15, -0.1) is 0 Å². The fourth-order valence-corrected chi connectivity index (χ4v) is 5.17. The van der Waals surface area contributed by atoms with Gasteiger partial charge in [-0.1, -0.05) is 33.4 Å². The molecular formula is C20H30O4. The van der Waals surface area contributed by atoms with Crippen molar-refractivity contribution >= 4 is 5.78 Å². The third-order valence-electron chi connectivity index (χ3n) is 6.99. The zero-order valence-corrected chi connectivity index (χ0v) is 15.1. The number of allylic oxidation sites excluding steroid dienone is 1. The number of aliphatic hydroxyl groups is 3. The summed E-state index contributed by atoms with van der Waals surface area (Å²) in [5, 5.41) is 32.4. The fourth-order valence-electron chi connectivity index (χ4n) is 5.17. The molecule has 0 bridgehead atoms. The first-order valence-corrected chi connectivity index (χ1v) is 9.01. The Labute approximate surface area is 144 Å². The maximum Gasteiger partial charge on any atom is 0.190 e. The molecule has 0 aromatic heterocycles. The molecule has 4 heteroatoms. The molecule has 0 aliphatic heterocycles. The third-order valence-corrected chi connectivity index (χ3v) is 6.99. The van der Waals surface area contributed by atoms with E-state index in [4.69, 9.17) is 0 Å². The highest BCUT2D eigenvalue weighted by atomic mass is 16.3. The summed E-state index contributed by atoms with van der Waals surface area (Å²) in [5.74, 6) is -0.729. The minimum absolute atomic E-state index is 0.135. The van der Waals surface area contributed by atoms with Gasteiger partial charge in [0, 0.05) is 0 Å². The van der Waals surface area contributed by atoms with E-state index in [0.717, 1.165) is 6.42 Å². The number of hydrogen-bond acceptors (Lipinski definition) is 4. The van der Waals surface area contributed by atoms with Crippen molar-refractivity contribution in [2.45, 2.75) is 64.8 Å². The van der Waals surface area contributed by atoms with Crippen molar-refractivity contribution in [3.05, 3.63) is 23.8 Å². The van der Waals surface area contributed by atoms with Gasteiger partial charge in [0.1, 0.15) is 5.60 Å². The van der Waals surface area contributed by atoms with Gasteiger partial charge in [-0.05, 0) is 60.5 Å². The monoisotopic (exact) mass is 334 g/mol. The van der Waals surface area contributed by atoms with Crippen LogP contribution in [-0.2, 0) is 4.79 Å². The van der Waals surface area contributed by atoms with Crippen LogP contribution < -0.4 is 0 Å². The Hall–Kier alpha value is -0.970. The molecule has 3 N–H and O–H groups in total. The minimum Gasteiger partial charge on any atom is -0.392 e. The number of Topliss-reactive ketones (excluding diaryl/α,β-unsaturated/α-hetero) is 1. The quantitative estimate of drug-likeness (QED) is 0.594. The molecule has 0 spiro atoms. The Kier molecular flexibility index (Phi) is 4.10. The van der Waals surface area contributed by atoms with Gasteiger partial charge >= 0.3 is 0 Å². The molecule has 0 radical (unpaired) electrons. The van der Waals surface area contributed by atoms with E-state index in [1.165, 1.54) is 0 Å². The van der Waals surface area contributed by atoms with E-state index < -0.39 is 23.7 Å². The summed E-state index contributed by atoms with van der Waals surface area (Å²) in [6, 6.07) is 0. The maximum atomic E-state index is 13.0. The molecule has 0 amide bonds. The van der Waals surface area contributed by atoms with Crippen molar-refractivity contribution in [2.24, 2.45) is 29.1 Å². The van der Waals surface area contributed by atoms with Crippen LogP contribution in [0.1, 0.15) is 47.0 Å². The Balaban J connectivity index is 2.04. The largest absolute Gasteiger partial charge is 0.392 e. The van der Waals surface area contributed by atoms with Crippen LogP contribution in [-0.4, -0.2) is 38.9 Å². The molecule has 3 rings (SSSR count). The lowest BCUT2D eigenvalue weighted by molar-refractivity contribution is -0.144. The second-order valence-corrected chi connectivity index (χ2v) is 8.90. The molecule has 24 heavy (non-hydrogen) atoms. The minimum atomic E-state index is -1.72. The van der Waals surface area contributed by atoms with E-state index in [1.54, 1.807) is 6.92 Å². The van der Waals surface area contributed by atoms with Gasteiger partial charge in [-0.2, -0.15) is 0 Å². The summed E-state index contributed by atoms with van der Waals surface area (Å²) in [6.45, 7) is 11.9. The van der Waals surface area contributed by atoms with Crippen molar-refractivity contribution in [3.63, 3.8) is 0 Å². The lowest BCUT2D eigenvalue weighted by Crippen LogP contribution is -2.50. The van der Waals surface area contributed by atoms with Crippen LogP contribution in [0.5, 0.6) is 0 Å². The average molecular weight is 334 g/mol. The van der Waals surface area contributed by atoms with Crippen LogP contribution in [0, 0.1) is 29.1 Å². The fraction of sp³-hybridized carbons (Fsp3) is 0.750. The molecule has 4 nitrogen and oxygen atoms in total. The summed E-state index contributed by atoms with van der Waals surface area (Å²) in [4.78, 5) is 13.0. The zero-order valence-electron chi connectivity index (χ0n) is 15.1. The topological polar surface area (TPSA) is 77.8 Å². The SMILES string of the molecule is C=C1CC[C@H]2[C@@H](C=C(C)C(=O)[C@@]3(O)C[C@H](C)[C@H](O)[C@@H]3[C@@H]1O)C2(C)C. The normalized spacial score (nSPS) is 48.2. The van der Waals surface area contributed by atoms with E-state index in [9.17, 15) is 20.1 Å². The number of carbonyl (C=O) groups excluding carboxylic acids is 1. The highest BCUT2D eigenvalue weighted by molar-refractivity contribution is 6.02. The summed E-state index contributed by atoms with van der Waals surface area (Å²) >= 11 is 0. The van der Waals surface area contributed by atoms with E-state index in [-0.39, 0.29) is 23.5 Å². The Morgan fingerprint density at radius 3 is 2.54 bits per heavy atom. The molecule has 0 saturated heterocycles. The Morgan fingerprint density at radius 1 is 1.29 bits per heavy atom. The van der Waals surface area contributed by atoms with Crippen LogP contribution in [0.2, 0.25) is 0 Å². The lowest BCUT2D eigenvalue weighted by Gasteiger charge is -2.34. The van der Waals surface area contributed by atoms with E-state index in [0.29, 0.717) is 29.4 Å². The number of aliphatic hydroxyl groups excluding tert-OH is 2. The molecular weight excluding hydrogens is 304 g/mol. The van der Waals surface area contributed by atoms with Gasteiger partial charge in [-0.3, -0.25) is 4.79 Å². The van der Waals surface area contributed by atoms with E-state index >= 15 is 0 Å². The number of carbonyl (C=O) groups is 1. The summed E-state index contributed by atoms with van der Waals surface area (Å²) in [7, 11) is 0. The molecule has 134 valence electrons. The molecule has 7 atom stereocenters. The van der Waals surface area contributed by atoms with Gasteiger partial charge in [0.2, 0.25) is 0 Å². The average Bonchev–Trinajstić information content (AvgIpc) is 2.91. The predicted molar refractivity (Wildman–Crippen MR) is 92.1 cm³/mol. The number of fused-ring (bicyclic) bond motifs is 2. The molecule has 0 aromatic rings. The molecule has 0 unspecified atom stereocenters. The summed E-state index contributed by atoms with van der Waals surface area (Å²) in [6.07, 6.45) is 1.75. The van der Waals surface area contributed by atoms with Crippen molar-refractivity contribution in [2.75, 3.05) is 0 Å². The Bertz CT molecular complexity index is 605. The van der Waals surface area contributed by atoms with E-state index in [2.05, 4.69) is 20.4 Å². The number of ketones is 1. The zero-order chi connectivity index (χ0) is 18.0. The molecule has 0 aromatic carbocycles. The second-order valence-electron chi connectivity index (χ2n) is 8.90. The first-order chi connectivity index (χ1) is 11.0. The first-order valence-electron chi connectivity index (χ1n) is 9.01. The van der Waals surface area contributed by atoms with Crippen LogP contribution >= 0.6 is 0 Å². The first kappa shape index (κ1) is 17.8. The van der Waals surface area contributed by atoms with E-state index in [1.807, 2.05) is 13.0 Å². The van der Waals surface area contributed by atoms with Gasteiger partial charge in [-0.25, -0.2) is 0 Å². The van der Waals surface area contributed by atoms with Crippen molar-refractivity contribution in [3.8, 4) is 0 Å². The predicted octanol–water partition coefficient (Wildman–Crippen LogP) is 2.23. The van der Waals surface area contributed by atoms with Crippen LogP contribution in [0.3, 0.4) is 0 Å². The van der Waals surface area contributed by atoms with Crippen LogP contribution in [0.15, 0.2) is 23.8 Å². The van der Waals surface area contributed by atoms with Gasteiger partial charge in [0.15, 0.2) is 5.78 Å². The number of hydrogen-bond donors (Lipinski definition) is 3. The molecule has 2 fully saturated rings. The highest BCUT2D eigenvalue weighted by Gasteiger charge is 2.60. The smallest absolute Gasteiger partial charge is 0.190 e. The summed E-state index contributed by atoms with van der Waals surface area (Å²) < 4.78 is 0. The highest BCUT2D eigenvalue weighted by Crippen LogP contribution is 2.62. The van der Waals surface area contributed by atoms with Crippen LogP contribution in [0.25, 0.3) is 0 Å². The maximum absolute atomic E-state index is 13.0. The van der Waals surface area contributed by atoms with Crippen molar-refractivity contribution in [1.29, 1.82) is 0 Å². The summed E-state index contributed by atoms with van der Waals surface area (Å²) in [5.41, 5.74) is -0.429. The van der Waals surface area contributed by atoms with Gasteiger partial charge < -0.3 is 15.3 Å². The van der Waals surface area contributed by atoms with Crippen LogP contribution in [0.4, 0.5) is 0 Å². The lowest BCUT2D eigenvalue weighted by atomic mass is 9.77. The van der Waals surface area contributed by atoms with Gasteiger partial charge in [0.05, 0.1) is 18.1 Å². The standard InChI is InChI=1S/C20H30O4/c1-10-6-7-13-14(19(13,4)5)8-11(2)18(23)20(24)9-12(3)17(22)15(20)16(10)21/h8,12-17,21-22,24H,1,6-7,9H2,2-5H3/t12-,13-,14+,15-,16+,17-,20+/m0/s1. The molecule has 3 aliphatic rings. The molecule has 0 heterocycles. The molecule has 3 aliphatic carbocycles. The number of rotatable bonds is 0. The molecule has 2 saturated carbocycles. The van der Waals surface area contributed by atoms with Crippen molar-refractivity contribution < 1.29 is 20.1 Å². The third kappa shape index (κ3) is 2.42.